The molecule has 1 unspecified atom stereocenters. The maximum absolute atomic E-state index is 11.8. The summed E-state index contributed by atoms with van der Waals surface area (Å²) in [6.07, 6.45) is 3.32. The molecule has 0 spiro atoms. The molecule has 0 saturated carbocycles. The van der Waals surface area contributed by atoms with Gasteiger partial charge in [-0.3, -0.25) is 5.32 Å². The predicted molar refractivity (Wildman–Crippen MR) is 113 cm³/mol. The minimum Gasteiger partial charge on any atom is -0.450 e. The van der Waals surface area contributed by atoms with Crippen molar-refractivity contribution >= 4 is 28.8 Å². The van der Waals surface area contributed by atoms with Crippen molar-refractivity contribution in [1.82, 2.24) is 19.9 Å². The average Bonchev–Trinajstić information content (AvgIpc) is 2.65. The number of rotatable bonds is 10. The van der Waals surface area contributed by atoms with Crippen LogP contribution in [0.4, 0.5) is 16.3 Å². The van der Waals surface area contributed by atoms with E-state index in [1.165, 1.54) is 0 Å². The lowest BCUT2D eigenvalue weighted by Crippen LogP contribution is -2.25. The number of pyridine rings is 1. The number of carbonyl (C=O) groups excluding carboxylic acids is 1. The van der Waals surface area contributed by atoms with Gasteiger partial charge in [-0.15, -0.1) is 0 Å². The summed E-state index contributed by atoms with van der Waals surface area (Å²) in [5.74, 6) is 0.392. The number of anilines is 2. The Bertz CT molecular complexity index is 779. The van der Waals surface area contributed by atoms with Crippen LogP contribution in [0.3, 0.4) is 0 Å². The third-order valence-corrected chi connectivity index (χ3v) is 4.55. The molecule has 2 N–H and O–H groups in total. The maximum Gasteiger partial charge on any atom is 0.412 e. The normalized spacial score (nSPS) is 12.2. The number of carbonyl (C=O) groups is 1. The van der Waals surface area contributed by atoms with Crippen LogP contribution in [0.25, 0.3) is 11.2 Å². The number of aromatic nitrogens is 3. The zero-order valence-electron chi connectivity index (χ0n) is 17.6. The fourth-order valence-electron chi connectivity index (χ4n) is 3.03. The number of nitrogens with one attached hydrogen (secondary N) is 2. The van der Waals surface area contributed by atoms with E-state index in [4.69, 9.17) is 4.74 Å². The van der Waals surface area contributed by atoms with Gasteiger partial charge < -0.3 is 15.0 Å². The highest BCUT2D eigenvalue weighted by molar-refractivity contribution is 5.91. The second-order valence-electron chi connectivity index (χ2n) is 6.80. The van der Waals surface area contributed by atoms with E-state index >= 15 is 0 Å². The third kappa shape index (κ3) is 6.30. The summed E-state index contributed by atoms with van der Waals surface area (Å²) < 4.78 is 4.95. The second-order valence-corrected chi connectivity index (χ2v) is 6.80. The lowest BCUT2D eigenvalue weighted by molar-refractivity contribution is 0.168. The molecule has 0 aliphatic carbocycles. The molecule has 0 bridgehead atoms. The van der Waals surface area contributed by atoms with E-state index in [0.29, 0.717) is 23.6 Å². The summed E-state index contributed by atoms with van der Waals surface area (Å²) in [6.45, 7) is 13.7. The molecule has 8 heteroatoms. The minimum atomic E-state index is -0.534. The SMILES string of the molecule is CCOC(=O)Nc1cc(NC(C)CCCN(CC)CC)c2ncc(C)nc2n1. The van der Waals surface area contributed by atoms with E-state index in [9.17, 15) is 4.79 Å². The monoisotopic (exact) mass is 388 g/mol. The Morgan fingerprint density at radius 3 is 2.68 bits per heavy atom. The van der Waals surface area contributed by atoms with Crippen LogP contribution in [0.5, 0.6) is 0 Å². The number of ether oxygens (including phenoxy) is 1. The molecule has 0 fully saturated rings. The molecule has 0 aliphatic heterocycles. The number of aryl methyl sites for hydroxylation is 1. The maximum atomic E-state index is 11.8. The molecule has 2 aromatic heterocycles. The van der Waals surface area contributed by atoms with Crippen LogP contribution in [0.15, 0.2) is 12.3 Å². The Morgan fingerprint density at radius 1 is 1.25 bits per heavy atom. The molecule has 1 atom stereocenters. The van der Waals surface area contributed by atoms with Crippen LogP contribution in [0.1, 0.15) is 46.2 Å². The van der Waals surface area contributed by atoms with E-state index in [1.54, 1.807) is 19.2 Å². The fourth-order valence-corrected chi connectivity index (χ4v) is 3.03. The Hall–Kier alpha value is -2.48. The molecule has 2 aromatic rings. The van der Waals surface area contributed by atoms with E-state index in [0.717, 1.165) is 43.9 Å². The zero-order chi connectivity index (χ0) is 20.5. The van der Waals surface area contributed by atoms with Gasteiger partial charge in [-0.1, -0.05) is 13.8 Å². The first-order valence-electron chi connectivity index (χ1n) is 10.0. The number of amides is 1. The molecule has 2 heterocycles. The summed E-state index contributed by atoms with van der Waals surface area (Å²) in [7, 11) is 0. The Kier molecular flexibility index (Phi) is 8.38. The number of nitrogens with zero attached hydrogens (tertiary/aromatic N) is 4. The molecule has 0 saturated heterocycles. The van der Waals surface area contributed by atoms with Crippen LogP contribution in [-0.4, -0.2) is 58.2 Å². The largest absolute Gasteiger partial charge is 0.450 e. The predicted octanol–water partition coefficient (Wildman–Crippen LogP) is 3.82. The van der Waals surface area contributed by atoms with E-state index in [2.05, 4.69) is 51.3 Å². The smallest absolute Gasteiger partial charge is 0.412 e. The summed E-state index contributed by atoms with van der Waals surface area (Å²) in [6, 6.07) is 2.03. The van der Waals surface area contributed by atoms with Gasteiger partial charge in [-0.25, -0.2) is 19.7 Å². The van der Waals surface area contributed by atoms with Crippen LogP contribution in [0, 0.1) is 6.92 Å². The van der Waals surface area contributed by atoms with Gasteiger partial charge in [0, 0.05) is 18.3 Å². The Morgan fingerprint density at radius 2 is 2.00 bits per heavy atom. The highest BCUT2D eigenvalue weighted by Gasteiger charge is 2.13. The van der Waals surface area contributed by atoms with Crippen LogP contribution < -0.4 is 10.6 Å². The first-order valence-corrected chi connectivity index (χ1v) is 10.0. The zero-order valence-corrected chi connectivity index (χ0v) is 17.6. The number of hydrogen-bond donors (Lipinski definition) is 2. The second kappa shape index (κ2) is 10.8. The van der Waals surface area contributed by atoms with Crippen LogP contribution >= 0.6 is 0 Å². The van der Waals surface area contributed by atoms with Gasteiger partial charge in [0.2, 0.25) is 0 Å². The van der Waals surface area contributed by atoms with Crippen molar-refractivity contribution in [3.63, 3.8) is 0 Å². The summed E-state index contributed by atoms with van der Waals surface area (Å²) in [5.41, 5.74) is 2.76. The van der Waals surface area contributed by atoms with E-state index in [-0.39, 0.29) is 6.04 Å². The first-order chi connectivity index (χ1) is 13.5. The van der Waals surface area contributed by atoms with Crippen molar-refractivity contribution in [1.29, 1.82) is 0 Å². The lowest BCUT2D eigenvalue weighted by atomic mass is 10.1. The van der Waals surface area contributed by atoms with Crippen molar-refractivity contribution in [3.8, 4) is 0 Å². The number of hydrogen-bond acceptors (Lipinski definition) is 7. The topological polar surface area (TPSA) is 92.3 Å². The van der Waals surface area contributed by atoms with Crippen molar-refractivity contribution in [2.45, 2.75) is 53.5 Å². The molecule has 1 amide bonds. The van der Waals surface area contributed by atoms with Crippen molar-refractivity contribution in [3.05, 3.63) is 18.0 Å². The lowest BCUT2D eigenvalue weighted by Gasteiger charge is -2.21. The minimum absolute atomic E-state index is 0.250. The molecule has 0 radical (unpaired) electrons. The molecule has 28 heavy (non-hydrogen) atoms. The Labute approximate surface area is 167 Å². The molecule has 2 rings (SSSR count). The Balaban J connectivity index is 2.15. The van der Waals surface area contributed by atoms with Gasteiger partial charge in [0.15, 0.2) is 5.65 Å². The van der Waals surface area contributed by atoms with Gasteiger partial charge >= 0.3 is 6.09 Å². The first kappa shape index (κ1) is 21.8. The van der Waals surface area contributed by atoms with E-state index in [1.807, 2.05) is 6.92 Å². The molecular formula is C20H32N6O2. The van der Waals surface area contributed by atoms with Gasteiger partial charge in [0.1, 0.15) is 11.3 Å². The van der Waals surface area contributed by atoms with Gasteiger partial charge in [-0.05, 0) is 53.2 Å². The summed E-state index contributed by atoms with van der Waals surface area (Å²) in [4.78, 5) is 27.5. The third-order valence-electron chi connectivity index (χ3n) is 4.55. The average molecular weight is 389 g/mol. The highest BCUT2D eigenvalue weighted by atomic mass is 16.5. The van der Waals surface area contributed by atoms with Crippen molar-refractivity contribution < 1.29 is 9.53 Å². The fraction of sp³-hybridized carbons (Fsp3) is 0.600. The summed E-state index contributed by atoms with van der Waals surface area (Å²) >= 11 is 0. The van der Waals surface area contributed by atoms with E-state index < -0.39 is 6.09 Å². The molecule has 0 aromatic carbocycles. The van der Waals surface area contributed by atoms with Gasteiger partial charge in [0.25, 0.3) is 0 Å². The van der Waals surface area contributed by atoms with Crippen molar-refractivity contribution in [2.24, 2.45) is 0 Å². The quantitative estimate of drug-likeness (QED) is 0.639. The molecule has 0 aliphatic rings. The molecule has 8 nitrogen and oxygen atoms in total. The summed E-state index contributed by atoms with van der Waals surface area (Å²) in [5, 5.41) is 6.16. The van der Waals surface area contributed by atoms with Gasteiger partial charge in [-0.2, -0.15) is 0 Å². The standard InChI is InChI=1S/C20H32N6O2/c1-6-26(7-2)11-9-10-14(4)22-16-12-17(25-20(27)28-8-3)24-19-18(16)21-13-15(5)23-19/h12-14H,6-11H2,1-5H3,(H2,22,23,24,25,27). The van der Waals surface area contributed by atoms with Gasteiger partial charge in [0.05, 0.1) is 18.0 Å². The van der Waals surface area contributed by atoms with Crippen molar-refractivity contribution in [2.75, 3.05) is 36.9 Å². The molecular weight excluding hydrogens is 356 g/mol. The molecule has 154 valence electrons. The van der Waals surface area contributed by atoms with Crippen LogP contribution in [-0.2, 0) is 4.74 Å². The highest BCUT2D eigenvalue weighted by Crippen LogP contribution is 2.24. The number of fused-ring (bicyclic) bond motifs is 1. The van der Waals surface area contributed by atoms with Crippen LogP contribution in [0.2, 0.25) is 0 Å².